The third-order valence-electron chi connectivity index (χ3n) is 3.94. The Kier molecular flexibility index (Phi) is 5.67. The number of nitrogens with zero attached hydrogens (tertiary/aromatic N) is 1. The van der Waals surface area contributed by atoms with Crippen molar-refractivity contribution in [2.75, 3.05) is 33.9 Å². The van der Waals surface area contributed by atoms with Crippen molar-refractivity contribution in [2.24, 2.45) is 0 Å². The highest BCUT2D eigenvalue weighted by atomic mass is 19.1. The van der Waals surface area contributed by atoms with E-state index >= 15 is 0 Å². The van der Waals surface area contributed by atoms with E-state index in [1.54, 1.807) is 31.4 Å². The highest BCUT2D eigenvalue weighted by Crippen LogP contribution is 2.35. The van der Waals surface area contributed by atoms with Gasteiger partial charge in [-0.2, -0.15) is 0 Å². The highest BCUT2D eigenvalue weighted by Gasteiger charge is 2.31. The Balaban J connectivity index is 1.96. The lowest BCUT2D eigenvalue weighted by Crippen LogP contribution is -2.43. The second-order valence-corrected chi connectivity index (χ2v) is 5.53. The molecule has 1 aromatic carbocycles. The van der Waals surface area contributed by atoms with E-state index in [9.17, 15) is 4.39 Å². The normalized spacial score (nSPS) is 18.4. The zero-order valence-corrected chi connectivity index (χ0v) is 14.2. The average molecular weight is 348 g/mol. The lowest BCUT2D eigenvalue weighted by molar-refractivity contribution is -0.0464. The smallest absolute Gasteiger partial charge is 0.213 e. The third kappa shape index (κ3) is 4.00. The monoisotopic (exact) mass is 348 g/mol. The van der Waals surface area contributed by atoms with Crippen molar-refractivity contribution in [1.29, 1.82) is 0 Å². The highest BCUT2D eigenvalue weighted by molar-refractivity contribution is 5.41. The molecule has 2 atom stereocenters. The molecule has 3 rings (SSSR count). The fourth-order valence-corrected chi connectivity index (χ4v) is 2.70. The minimum atomic E-state index is -0.617. The van der Waals surface area contributed by atoms with Crippen molar-refractivity contribution >= 4 is 0 Å². The van der Waals surface area contributed by atoms with E-state index in [-0.39, 0.29) is 11.9 Å². The van der Waals surface area contributed by atoms with Crippen LogP contribution in [0.4, 0.5) is 4.39 Å². The maximum atomic E-state index is 14.3. The molecule has 1 aliphatic rings. The first kappa shape index (κ1) is 17.4. The van der Waals surface area contributed by atoms with Crippen LogP contribution in [0.5, 0.6) is 17.4 Å². The van der Waals surface area contributed by atoms with Crippen LogP contribution in [0.2, 0.25) is 0 Å². The second kappa shape index (κ2) is 8.13. The summed E-state index contributed by atoms with van der Waals surface area (Å²) in [4.78, 5) is 4.43. The van der Waals surface area contributed by atoms with Gasteiger partial charge in [0.1, 0.15) is 6.10 Å². The number of hydrogen-bond donors (Lipinski definition) is 1. The molecule has 0 radical (unpaired) electrons. The van der Waals surface area contributed by atoms with Crippen LogP contribution in [0.3, 0.4) is 0 Å². The minimum absolute atomic E-state index is 0.0359. The Morgan fingerprint density at radius 2 is 2.04 bits per heavy atom. The average Bonchev–Trinajstić information content (AvgIpc) is 2.67. The van der Waals surface area contributed by atoms with Crippen molar-refractivity contribution in [1.82, 2.24) is 10.3 Å². The first-order valence-corrected chi connectivity index (χ1v) is 8.05. The number of pyridine rings is 1. The summed E-state index contributed by atoms with van der Waals surface area (Å²) in [7, 11) is 3.01. The fourth-order valence-electron chi connectivity index (χ4n) is 2.70. The molecule has 7 heteroatoms. The SMILES string of the molecule is COc1cccc(C(Oc2c(F)cccc2OC)C2CNCCO2)n1. The van der Waals surface area contributed by atoms with Gasteiger partial charge in [-0.25, -0.2) is 9.37 Å². The molecule has 2 heterocycles. The van der Waals surface area contributed by atoms with Gasteiger partial charge in [0.25, 0.3) is 0 Å². The summed E-state index contributed by atoms with van der Waals surface area (Å²) in [5, 5.41) is 3.25. The van der Waals surface area contributed by atoms with Crippen LogP contribution in [-0.2, 0) is 4.74 Å². The number of hydrogen-bond acceptors (Lipinski definition) is 6. The molecule has 134 valence electrons. The van der Waals surface area contributed by atoms with Gasteiger partial charge in [0.15, 0.2) is 23.4 Å². The maximum Gasteiger partial charge on any atom is 0.213 e. The summed E-state index contributed by atoms with van der Waals surface area (Å²) in [5.74, 6) is 0.303. The number of nitrogens with one attached hydrogen (secondary N) is 1. The minimum Gasteiger partial charge on any atom is -0.493 e. The van der Waals surface area contributed by atoms with Crippen molar-refractivity contribution < 1.29 is 23.3 Å². The lowest BCUT2D eigenvalue weighted by Gasteiger charge is -2.31. The van der Waals surface area contributed by atoms with Crippen molar-refractivity contribution in [3.8, 4) is 17.4 Å². The van der Waals surface area contributed by atoms with Crippen LogP contribution in [0.1, 0.15) is 11.8 Å². The summed E-state index contributed by atoms with van der Waals surface area (Å²) in [6.45, 7) is 1.88. The molecule has 1 fully saturated rings. The molecule has 0 spiro atoms. The van der Waals surface area contributed by atoms with E-state index in [4.69, 9.17) is 18.9 Å². The maximum absolute atomic E-state index is 14.3. The van der Waals surface area contributed by atoms with Gasteiger partial charge in [0.2, 0.25) is 5.88 Å². The second-order valence-electron chi connectivity index (χ2n) is 5.53. The van der Waals surface area contributed by atoms with Gasteiger partial charge in [-0.3, -0.25) is 0 Å². The Labute approximate surface area is 145 Å². The Morgan fingerprint density at radius 1 is 1.20 bits per heavy atom. The molecule has 0 aliphatic carbocycles. The van der Waals surface area contributed by atoms with E-state index in [0.717, 1.165) is 6.54 Å². The number of aromatic nitrogens is 1. The number of ether oxygens (including phenoxy) is 4. The van der Waals surface area contributed by atoms with Crippen LogP contribution < -0.4 is 19.5 Å². The van der Waals surface area contributed by atoms with E-state index in [1.807, 2.05) is 6.07 Å². The fraction of sp³-hybridized carbons (Fsp3) is 0.389. The summed E-state index contributed by atoms with van der Waals surface area (Å²) in [6.07, 6.45) is -0.939. The Bertz CT molecular complexity index is 707. The molecule has 0 bridgehead atoms. The Morgan fingerprint density at radius 3 is 2.76 bits per heavy atom. The zero-order valence-electron chi connectivity index (χ0n) is 14.2. The molecule has 1 aliphatic heterocycles. The first-order valence-electron chi connectivity index (χ1n) is 8.05. The molecule has 0 amide bonds. The number of methoxy groups -OCH3 is 2. The topological polar surface area (TPSA) is 61.8 Å². The van der Waals surface area contributed by atoms with Gasteiger partial charge < -0.3 is 24.3 Å². The van der Waals surface area contributed by atoms with Gasteiger partial charge in [-0.15, -0.1) is 0 Å². The van der Waals surface area contributed by atoms with Gasteiger partial charge in [-0.1, -0.05) is 12.1 Å². The number of rotatable bonds is 6. The number of benzene rings is 1. The van der Waals surface area contributed by atoms with Gasteiger partial charge in [0, 0.05) is 19.2 Å². The molecule has 2 aromatic rings. The van der Waals surface area contributed by atoms with Crippen LogP contribution in [0, 0.1) is 5.82 Å². The molecular weight excluding hydrogens is 327 g/mol. The van der Waals surface area contributed by atoms with E-state index in [0.29, 0.717) is 30.5 Å². The molecule has 6 nitrogen and oxygen atoms in total. The first-order chi connectivity index (χ1) is 12.2. The third-order valence-corrected chi connectivity index (χ3v) is 3.94. The van der Waals surface area contributed by atoms with Crippen molar-refractivity contribution in [3.63, 3.8) is 0 Å². The van der Waals surface area contributed by atoms with E-state index in [1.165, 1.54) is 13.2 Å². The van der Waals surface area contributed by atoms with Gasteiger partial charge >= 0.3 is 0 Å². The standard InChI is InChI=1S/C18H21FN2O4/c1-22-14-7-3-5-12(19)17(14)25-18(15-11-20-9-10-24-15)13-6-4-8-16(21-13)23-2/h3-8,15,18,20H,9-11H2,1-2H3. The number of morpholine rings is 1. The molecule has 1 aromatic heterocycles. The van der Waals surface area contributed by atoms with Crippen LogP contribution in [-0.4, -0.2) is 45.0 Å². The summed E-state index contributed by atoms with van der Waals surface area (Å²) in [6, 6.07) is 9.90. The zero-order chi connectivity index (χ0) is 17.6. The number of halogens is 1. The summed E-state index contributed by atoms with van der Waals surface area (Å²) in [5.41, 5.74) is 0.596. The van der Waals surface area contributed by atoms with E-state index in [2.05, 4.69) is 10.3 Å². The lowest BCUT2D eigenvalue weighted by atomic mass is 10.1. The van der Waals surface area contributed by atoms with Gasteiger partial charge in [-0.05, 0) is 18.2 Å². The molecule has 2 unspecified atom stereocenters. The quantitative estimate of drug-likeness (QED) is 0.865. The predicted octanol–water partition coefficient (Wildman–Crippen LogP) is 2.35. The van der Waals surface area contributed by atoms with Gasteiger partial charge in [0.05, 0.1) is 26.5 Å². The van der Waals surface area contributed by atoms with Crippen molar-refractivity contribution in [3.05, 3.63) is 47.9 Å². The summed E-state index contributed by atoms with van der Waals surface area (Å²) < 4.78 is 36.6. The predicted molar refractivity (Wildman–Crippen MR) is 89.7 cm³/mol. The molecule has 25 heavy (non-hydrogen) atoms. The molecule has 0 saturated carbocycles. The molecular formula is C18H21FN2O4. The molecule has 1 N–H and O–H groups in total. The Hall–Kier alpha value is -2.38. The van der Waals surface area contributed by atoms with Crippen molar-refractivity contribution in [2.45, 2.75) is 12.2 Å². The summed E-state index contributed by atoms with van der Waals surface area (Å²) >= 11 is 0. The number of para-hydroxylation sites is 1. The van der Waals surface area contributed by atoms with Crippen LogP contribution in [0.25, 0.3) is 0 Å². The van der Waals surface area contributed by atoms with E-state index < -0.39 is 11.9 Å². The van der Waals surface area contributed by atoms with Crippen LogP contribution in [0.15, 0.2) is 36.4 Å². The van der Waals surface area contributed by atoms with Crippen LogP contribution >= 0.6 is 0 Å². The molecule has 1 saturated heterocycles. The largest absolute Gasteiger partial charge is 0.493 e.